The Bertz CT molecular complexity index is 1250. The quantitative estimate of drug-likeness (QED) is 0.376. The van der Waals surface area contributed by atoms with E-state index in [1.165, 1.54) is 0 Å². The molecule has 3 atom stereocenters. The normalized spacial score (nSPS) is 20.7. The van der Waals surface area contributed by atoms with Gasteiger partial charge >= 0.3 is 0 Å². The second-order valence-corrected chi connectivity index (χ2v) is 10.8. The summed E-state index contributed by atoms with van der Waals surface area (Å²) in [5.41, 5.74) is 2.26. The van der Waals surface area contributed by atoms with Crippen LogP contribution in [0.15, 0.2) is 66.9 Å². The lowest BCUT2D eigenvalue weighted by molar-refractivity contribution is 0.0932. The molecule has 192 valence electrons. The molecule has 0 spiro atoms. The van der Waals surface area contributed by atoms with Gasteiger partial charge in [0.25, 0.3) is 11.8 Å². The molecule has 1 saturated carbocycles. The topological polar surface area (TPSA) is 83.6 Å². The Kier molecular flexibility index (Phi) is 7.93. The lowest BCUT2D eigenvalue weighted by atomic mass is 9.92. The number of fused-ring (bicyclic) bond motifs is 1. The number of benzene rings is 2. The number of ether oxygens (including phenoxy) is 1. The SMILES string of the molecule is COc1cccc(C(=O)NC2CC3CCCN(c4ccc(C(=O)NCc5ccccc5)cn4)C3C2)c1I. The third-order valence-electron chi connectivity index (χ3n) is 7.39. The lowest BCUT2D eigenvalue weighted by Gasteiger charge is -2.38. The van der Waals surface area contributed by atoms with Crippen LogP contribution in [0.1, 0.15) is 52.0 Å². The molecule has 2 heterocycles. The maximum atomic E-state index is 13.1. The number of aromatic nitrogens is 1. The summed E-state index contributed by atoms with van der Waals surface area (Å²) in [7, 11) is 1.62. The number of amides is 2. The first kappa shape index (κ1) is 25.5. The minimum Gasteiger partial charge on any atom is -0.496 e. The van der Waals surface area contributed by atoms with Gasteiger partial charge in [-0.1, -0.05) is 36.4 Å². The number of carbonyl (C=O) groups excluding carboxylic acids is 2. The van der Waals surface area contributed by atoms with E-state index in [-0.39, 0.29) is 17.9 Å². The second-order valence-electron chi connectivity index (χ2n) is 9.70. The van der Waals surface area contributed by atoms with Crippen LogP contribution in [0.2, 0.25) is 0 Å². The average molecular weight is 610 g/mol. The van der Waals surface area contributed by atoms with E-state index >= 15 is 0 Å². The van der Waals surface area contributed by atoms with E-state index in [1.807, 2.05) is 60.7 Å². The first-order valence-corrected chi connectivity index (χ1v) is 13.8. The Morgan fingerprint density at radius 2 is 1.89 bits per heavy atom. The van der Waals surface area contributed by atoms with Gasteiger partial charge in [-0.15, -0.1) is 0 Å². The van der Waals surface area contributed by atoms with Crippen molar-refractivity contribution in [1.29, 1.82) is 0 Å². The fourth-order valence-corrected chi connectivity index (χ4v) is 6.39. The average Bonchev–Trinajstić information content (AvgIpc) is 3.35. The maximum absolute atomic E-state index is 13.1. The van der Waals surface area contributed by atoms with Gasteiger partial charge in [0.2, 0.25) is 0 Å². The molecule has 2 amide bonds. The molecule has 8 heteroatoms. The van der Waals surface area contributed by atoms with Gasteiger partial charge in [0.1, 0.15) is 11.6 Å². The predicted octanol–water partition coefficient (Wildman–Crippen LogP) is 4.80. The molecule has 7 nitrogen and oxygen atoms in total. The zero-order valence-electron chi connectivity index (χ0n) is 20.8. The van der Waals surface area contributed by atoms with Crippen LogP contribution in [0.3, 0.4) is 0 Å². The van der Waals surface area contributed by atoms with Gasteiger partial charge in [-0.3, -0.25) is 9.59 Å². The van der Waals surface area contributed by atoms with E-state index in [9.17, 15) is 9.59 Å². The summed E-state index contributed by atoms with van der Waals surface area (Å²) in [6.45, 7) is 1.42. The van der Waals surface area contributed by atoms with Crippen LogP contribution >= 0.6 is 22.6 Å². The molecule has 3 aromatic rings. The molecule has 1 aromatic heterocycles. The highest BCUT2D eigenvalue weighted by atomic mass is 127. The van der Waals surface area contributed by atoms with Crippen molar-refractivity contribution in [2.75, 3.05) is 18.6 Å². The minimum absolute atomic E-state index is 0.0533. The summed E-state index contributed by atoms with van der Waals surface area (Å²) in [5, 5.41) is 6.23. The summed E-state index contributed by atoms with van der Waals surface area (Å²) in [5.74, 6) is 1.93. The van der Waals surface area contributed by atoms with Crippen LogP contribution in [-0.2, 0) is 6.54 Å². The van der Waals surface area contributed by atoms with Gasteiger partial charge in [-0.05, 0) is 84.0 Å². The third kappa shape index (κ3) is 5.74. The van der Waals surface area contributed by atoms with Crippen molar-refractivity contribution in [2.45, 2.75) is 44.3 Å². The van der Waals surface area contributed by atoms with Crippen molar-refractivity contribution in [2.24, 2.45) is 5.92 Å². The van der Waals surface area contributed by atoms with Crippen molar-refractivity contribution < 1.29 is 14.3 Å². The van der Waals surface area contributed by atoms with Crippen molar-refractivity contribution in [1.82, 2.24) is 15.6 Å². The van der Waals surface area contributed by atoms with E-state index in [0.29, 0.717) is 35.4 Å². The monoisotopic (exact) mass is 610 g/mol. The van der Waals surface area contributed by atoms with Crippen LogP contribution in [0, 0.1) is 9.49 Å². The first-order chi connectivity index (χ1) is 18.0. The predicted molar refractivity (Wildman–Crippen MR) is 152 cm³/mol. The van der Waals surface area contributed by atoms with Gasteiger partial charge in [0, 0.05) is 31.4 Å². The number of anilines is 1. The van der Waals surface area contributed by atoms with Crippen LogP contribution in [0.4, 0.5) is 5.82 Å². The number of methoxy groups -OCH3 is 1. The standard InChI is InChI=1S/C29H31IN4O3/c1-37-25-11-5-10-23(27(25)30)29(36)33-22-15-20-9-6-14-34(24(20)16-22)26-13-12-21(18-31-26)28(35)32-17-19-7-3-2-4-8-19/h2-5,7-8,10-13,18,20,22,24H,6,9,14-17H2,1H3,(H,32,35)(H,33,36). The van der Waals surface area contributed by atoms with Crippen LogP contribution in [0.25, 0.3) is 0 Å². The highest BCUT2D eigenvalue weighted by Gasteiger charge is 2.41. The molecule has 5 rings (SSSR count). The van der Waals surface area contributed by atoms with E-state index in [1.54, 1.807) is 13.3 Å². The Morgan fingerprint density at radius 3 is 2.65 bits per heavy atom. The maximum Gasteiger partial charge on any atom is 0.253 e. The van der Waals surface area contributed by atoms with Crippen molar-refractivity contribution in [3.63, 3.8) is 0 Å². The fourth-order valence-electron chi connectivity index (χ4n) is 5.56. The van der Waals surface area contributed by atoms with E-state index in [0.717, 1.165) is 47.2 Å². The third-order valence-corrected chi connectivity index (χ3v) is 8.51. The number of carbonyl (C=O) groups is 2. The van der Waals surface area contributed by atoms with Crippen molar-refractivity contribution >= 4 is 40.2 Å². The lowest BCUT2D eigenvalue weighted by Crippen LogP contribution is -2.43. The van der Waals surface area contributed by atoms with Gasteiger partial charge in [0.05, 0.1) is 21.8 Å². The Hall–Kier alpha value is -3.14. The molecule has 2 aliphatic rings. The first-order valence-electron chi connectivity index (χ1n) is 12.7. The molecule has 0 radical (unpaired) electrons. The van der Waals surface area contributed by atoms with Gasteiger partial charge < -0.3 is 20.3 Å². The molecular weight excluding hydrogens is 579 g/mol. The minimum atomic E-state index is -0.129. The van der Waals surface area contributed by atoms with Crippen LogP contribution in [0.5, 0.6) is 5.75 Å². The Balaban J connectivity index is 1.21. The van der Waals surface area contributed by atoms with Gasteiger partial charge in [-0.2, -0.15) is 0 Å². The van der Waals surface area contributed by atoms with Gasteiger partial charge in [0.15, 0.2) is 0 Å². The molecule has 1 aliphatic carbocycles. The summed E-state index contributed by atoms with van der Waals surface area (Å²) in [6.07, 6.45) is 5.77. The second kappa shape index (κ2) is 11.5. The van der Waals surface area contributed by atoms with Crippen LogP contribution in [-0.4, -0.2) is 42.5 Å². The Labute approximate surface area is 231 Å². The molecule has 1 saturated heterocycles. The van der Waals surface area contributed by atoms with E-state index in [2.05, 4.69) is 43.1 Å². The van der Waals surface area contributed by atoms with E-state index < -0.39 is 0 Å². The molecular formula is C29H31IN4O3. The number of pyridine rings is 1. The van der Waals surface area contributed by atoms with Gasteiger partial charge in [-0.25, -0.2) is 4.98 Å². The van der Waals surface area contributed by atoms with Crippen molar-refractivity contribution in [3.05, 3.63) is 87.1 Å². The number of hydrogen-bond acceptors (Lipinski definition) is 5. The summed E-state index contributed by atoms with van der Waals surface area (Å²) in [4.78, 5) is 32.7. The summed E-state index contributed by atoms with van der Waals surface area (Å²) < 4.78 is 6.20. The molecule has 0 bridgehead atoms. The van der Waals surface area contributed by atoms with Crippen molar-refractivity contribution in [3.8, 4) is 5.75 Å². The number of hydrogen-bond donors (Lipinski definition) is 2. The highest BCUT2D eigenvalue weighted by molar-refractivity contribution is 14.1. The number of halogens is 1. The molecule has 3 unspecified atom stereocenters. The number of nitrogens with zero attached hydrogens (tertiary/aromatic N) is 2. The molecule has 2 aromatic carbocycles. The highest BCUT2D eigenvalue weighted by Crippen LogP contribution is 2.39. The number of rotatable bonds is 7. The zero-order valence-corrected chi connectivity index (χ0v) is 23.0. The number of nitrogens with one attached hydrogen (secondary N) is 2. The smallest absolute Gasteiger partial charge is 0.253 e. The van der Waals surface area contributed by atoms with E-state index in [4.69, 9.17) is 4.74 Å². The Morgan fingerprint density at radius 1 is 1.05 bits per heavy atom. The number of piperidine rings is 1. The summed E-state index contributed by atoms with van der Waals surface area (Å²) in [6, 6.07) is 19.7. The molecule has 1 aliphatic heterocycles. The largest absolute Gasteiger partial charge is 0.496 e. The fraction of sp³-hybridized carbons (Fsp3) is 0.345. The molecule has 37 heavy (non-hydrogen) atoms. The summed E-state index contributed by atoms with van der Waals surface area (Å²) >= 11 is 2.17. The van der Waals surface area contributed by atoms with Crippen LogP contribution < -0.4 is 20.3 Å². The molecule has 2 N–H and O–H groups in total. The molecule has 2 fully saturated rings. The zero-order chi connectivity index (χ0) is 25.8.